The number of aromatic nitrogens is 1. The lowest BCUT2D eigenvalue weighted by Gasteiger charge is -2.15. The topological polar surface area (TPSA) is 33.1 Å². The van der Waals surface area contributed by atoms with E-state index in [1.54, 1.807) is 12.1 Å². The van der Waals surface area contributed by atoms with Crippen LogP contribution in [0.25, 0.3) is 0 Å². The van der Waals surface area contributed by atoms with Crippen LogP contribution in [0.15, 0.2) is 36.5 Å². The highest BCUT2D eigenvalue weighted by Crippen LogP contribution is 2.33. The summed E-state index contributed by atoms with van der Waals surface area (Å²) in [6.45, 7) is 1.86. The van der Waals surface area contributed by atoms with E-state index in [1.165, 1.54) is 6.20 Å². The fourth-order valence-corrected chi connectivity index (χ4v) is 2.09. The molecule has 1 N–H and O–H groups in total. The van der Waals surface area contributed by atoms with E-state index in [1.807, 2.05) is 6.92 Å². The predicted octanol–water partition coefficient (Wildman–Crippen LogP) is 3.88. The third-order valence-electron chi connectivity index (χ3n) is 3.18. The first-order valence-electron chi connectivity index (χ1n) is 6.33. The van der Waals surface area contributed by atoms with Gasteiger partial charge in [-0.1, -0.05) is 19.1 Å². The Labute approximate surface area is 119 Å². The van der Waals surface area contributed by atoms with Gasteiger partial charge in [0.15, 0.2) is 0 Å². The Morgan fingerprint density at radius 2 is 1.95 bits per heavy atom. The van der Waals surface area contributed by atoms with Crippen LogP contribution >= 0.6 is 0 Å². The van der Waals surface area contributed by atoms with E-state index in [4.69, 9.17) is 0 Å². The molecule has 0 bridgehead atoms. The van der Waals surface area contributed by atoms with E-state index >= 15 is 0 Å². The molecule has 2 aromatic rings. The molecule has 1 atom stereocenters. The summed E-state index contributed by atoms with van der Waals surface area (Å²) < 4.78 is 51.1. The second kappa shape index (κ2) is 5.81. The number of aliphatic hydroxyl groups excluding tert-OH is 1. The maximum Gasteiger partial charge on any atom is 0.419 e. The second-order valence-corrected chi connectivity index (χ2v) is 4.54. The summed E-state index contributed by atoms with van der Waals surface area (Å²) in [5.41, 5.74) is -0.242. The summed E-state index contributed by atoms with van der Waals surface area (Å²) in [6.07, 6.45) is -3.95. The highest BCUT2D eigenvalue weighted by Gasteiger charge is 2.34. The van der Waals surface area contributed by atoms with E-state index in [9.17, 15) is 22.7 Å². The van der Waals surface area contributed by atoms with Gasteiger partial charge in [0.2, 0.25) is 0 Å². The van der Waals surface area contributed by atoms with Crippen molar-refractivity contribution in [2.45, 2.75) is 25.6 Å². The molecule has 2 rings (SSSR count). The lowest BCUT2D eigenvalue weighted by Crippen LogP contribution is -2.11. The number of aryl methyl sites for hydroxylation is 1. The first-order valence-corrected chi connectivity index (χ1v) is 6.33. The summed E-state index contributed by atoms with van der Waals surface area (Å²) in [5.74, 6) is -1.41. The summed E-state index contributed by atoms with van der Waals surface area (Å²) in [6, 6.07) is 5.84. The molecule has 0 aliphatic heterocycles. The van der Waals surface area contributed by atoms with Gasteiger partial charge in [-0.25, -0.2) is 4.39 Å². The zero-order chi connectivity index (χ0) is 15.6. The fourth-order valence-electron chi connectivity index (χ4n) is 2.09. The van der Waals surface area contributed by atoms with E-state index in [2.05, 4.69) is 4.98 Å². The molecule has 0 aliphatic carbocycles. The molecule has 21 heavy (non-hydrogen) atoms. The number of nitrogens with zero attached hydrogens (tertiary/aromatic N) is 1. The van der Waals surface area contributed by atoms with Gasteiger partial charge in [0.05, 0.1) is 11.3 Å². The minimum absolute atomic E-state index is 0.0360. The summed E-state index contributed by atoms with van der Waals surface area (Å²) in [5, 5.41) is 10.2. The van der Waals surface area contributed by atoms with Crippen molar-refractivity contribution < 1.29 is 22.7 Å². The van der Waals surface area contributed by atoms with Gasteiger partial charge in [-0.2, -0.15) is 13.2 Å². The third kappa shape index (κ3) is 3.21. The van der Waals surface area contributed by atoms with Crippen LogP contribution in [-0.4, -0.2) is 10.1 Å². The molecule has 0 aliphatic rings. The Bertz CT molecular complexity index is 640. The highest BCUT2D eigenvalue weighted by molar-refractivity contribution is 5.34. The Balaban J connectivity index is 2.41. The van der Waals surface area contributed by atoms with Crippen molar-refractivity contribution in [3.8, 4) is 0 Å². The van der Waals surface area contributed by atoms with Gasteiger partial charge in [0, 0.05) is 6.20 Å². The molecule has 6 heteroatoms. The predicted molar refractivity (Wildman–Crippen MR) is 69.1 cm³/mol. The Hall–Kier alpha value is -1.95. The Kier molecular flexibility index (Phi) is 4.27. The first kappa shape index (κ1) is 15.4. The third-order valence-corrected chi connectivity index (χ3v) is 3.18. The van der Waals surface area contributed by atoms with Gasteiger partial charge in [-0.05, 0) is 35.7 Å². The van der Waals surface area contributed by atoms with Crippen LogP contribution in [0.1, 0.15) is 35.4 Å². The van der Waals surface area contributed by atoms with Crippen LogP contribution in [0.4, 0.5) is 17.6 Å². The van der Waals surface area contributed by atoms with Crippen molar-refractivity contribution in [3.05, 3.63) is 64.7 Å². The van der Waals surface area contributed by atoms with Gasteiger partial charge >= 0.3 is 6.18 Å². The monoisotopic (exact) mass is 299 g/mol. The van der Waals surface area contributed by atoms with Crippen LogP contribution in [0, 0.1) is 5.82 Å². The van der Waals surface area contributed by atoms with Crippen molar-refractivity contribution in [2.75, 3.05) is 0 Å². The van der Waals surface area contributed by atoms with E-state index in [0.717, 1.165) is 11.6 Å². The van der Waals surface area contributed by atoms with E-state index in [-0.39, 0.29) is 5.56 Å². The van der Waals surface area contributed by atoms with Gasteiger partial charge in [-0.15, -0.1) is 0 Å². The van der Waals surface area contributed by atoms with Crippen LogP contribution in [0.3, 0.4) is 0 Å². The molecule has 1 heterocycles. The van der Waals surface area contributed by atoms with Crippen molar-refractivity contribution in [2.24, 2.45) is 0 Å². The largest absolute Gasteiger partial charge is 0.419 e. The summed E-state index contributed by atoms with van der Waals surface area (Å²) in [4.78, 5) is 4.03. The molecule has 0 amide bonds. The number of halogens is 4. The van der Waals surface area contributed by atoms with Crippen molar-refractivity contribution in [1.29, 1.82) is 0 Å². The average molecular weight is 299 g/mol. The average Bonchev–Trinajstić information content (AvgIpc) is 2.45. The van der Waals surface area contributed by atoms with Gasteiger partial charge in [0.1, 0.15) is 11.9 Å². The lowest BCUT2D eigenvalue weighted by molar-refractivity contribution is -0.140. The molecule has 0 saturated carbocycles. The van der Waals surface area contributed by atoms with E-state index < -0.39 is 23.7 Å². The molecule has 1 aromatic carbocycles. The quantitative estimate of drug-likeness (QED) is 0.872. The molecule has 112 valence electrons. The first-order chi connectivity index (χ1) is 9.84. The Morgan fingerprint density at radius 1 is 1.24 bits per heavy atom. The number of hydrogen-bond acceptors (Lipinski definition) is 2. The number of aliphatic hydroxyl groups is 1. The van der Waals surface area contributed by atoms with Crippen molar-refractivity contribution in [3.63, 3.8) is 0 Å². The fraction of sp³-hybridized carbons (Fsp3) is 0.267. The molecular formula is C15H13F4NO. The van der Waals surface area contributed by atoms with Crippen molar-refractivity contribution >= 4 is 0 Å². The minimum Gasteiger partial charge on any atom is -0.382 e. The molecule has 1 aromatic heterocycles. The maximum absolute atomic E-state index is 13.6. The highest BCUT2D eigenvalue weighted by atomic mass is 19.4. The van der Waals surface area contributed by atoms with Gasteiger partial charge in [0.25, 0.3) is 0 Å². The normalized spacial score (nSPS) is 13.2. The molecule has 2 nitrogen and oxygen atoms in total. The summed E-state index contributed by atoms with van der Waals surface area (Å²) in [7, 11) is 0. The zero-order valence-corrected chi connectivity index (χ0v) is 11.2. The molecule has 1 unspecified atom stereocenters. The number of hydrogen-bond donors (Lipinski definition) is 1. The molecule has 0 saturated heterocycles. The van der Waals surface area contributed by atoms with Crippen LogP contribution in [-0.2, 0) is 12.6 Å². The number of benzene rings is 1. The smallest absolute Gasteiger partial charge is 0.382 e. The Morgan fingerprint density at radius 3 is 2.52 bits per heavy atom. The van der Waals surface area contributed by atoms with Gasteiger partial charge in [-0.3, -0.25) is 4.98 Å². The molecular weight excluding hydrogens is 286 g/mol. The number of alkyl halides is 3. The van der Waals surface area contributed by atoms with Gasteiger partial charge < -0.3 is 5.11 Å². The molecule has 0 radical (unpaired) electrons. The SMILES string of the molecule is CCc1cccnc1C(O)c1ccc(C(F)(F)F)c(F)c1. The zero-order valence-electron chi connectivity index (χ0n) is 11.2. The number of pyridine rings is 1. The molecule has 0 fully saturated rings. The molecule has 0 spiro atoms. The second-order valence-electron chi connectivity index (χ2n) is 4.54. The lowest BCUT2D eigenvalue weighted by atomic mass is 9.99. The van der Waals surface area contributed by atoms with Crippen LogP contribution < -0.4 is 0 Å². The summed E-state index contributed by atoms with van der Waals surface area (Å²) >= 11 is 0. The van der Waals surface area contributed by atoms with Crippen LogP contribution in [0.5, 0.6) is 0 Å². The maximum atomic E-state index is 13.6. The standard InChI is InChI=1S/C15H13F4NO/c1-2-9-4-3-7-20-13(9)14(21)10-5-6-11(12(16)8-10)15(17,18)19/h3-8,14,21H,2H2,1H3. The van der Waals surface area contributed by atoms with Crippen molar-refractivity contribution in [1.82, 2.24) is 4.98 Å². The number of rotatable bonds is 3. The minimum atomic E-state index is -4.76. The van der Waals surface area contributed by atoms with Crippen LogP contribution in [0.2, 0.25) is 0 Å². The van der Waals surface area contributed by atoms with E-state index in [0.29, 0.717) is 24.2 Å².